The quantitative estimate of drug-likeness (QED) is 0.538. The Morgan fingerprint density at radius 3 is 2.17 bits per heavy atom. The molecule has 0 radical (unpaired) electrons. The predicted octanol–water partition coefficient (Wildman–Crippen LogP) is 5.72. The van der Waals surface area contributed by atoms with Gasteiger partial charge in [-0.25, -0.2) is 4.58 Å². The van der Waals surface area contributed by atoms with Crippen LogP contribution < -0.4 is 0 Å². The maximum absolute atomic E-state index is 2.68. The fourth-order valence-corrected chi connectivity index (χ4v) is 5.18. The smallest absolute Gasteiger partial charge is 0.165 e. The maximum Gasteiger partial charge on any atom is 0.165 e. The summed E-state index contributed by atoms with van der Waals surface area (Å²) in [6, 6.07) is 22.0. The lowest BCUT2D eigenvalue weighted by molar-refractivity contribution is -0.607. The molecule has 2 heterocycles. The van der Waals surface area contributed by atoms with Crippen LogP contribution >= 0.6 is 0 Å². The van der Waals surface area contributed by atoms with Crippen LogP contribution in [0.4, 0.5) is 0 Å². The molecule has 0 aromatic heterocycles. The van der Waals surface area contributed by atoms with Crippen LogP contribution in [0.2, 0.25) is 0 Å². The van der Waals surface area contributed by atoms with Crippen LogP contribution in [0.3, 0.4) is 0 Å². The van der Waals surface area contributed by atoms with E-state index in [2.05, 4.69) is 96.3 Å². The van der Waals surface area contributed by atoms with E-state index in [1.165, 1.54) is 49.9 Å². The summed E-state index contributed by atoms with van der Waals surface area (Å²) in [5.41, 5.74) is 4.55. The zero-order chi connectivity index (χ0) is 20.8. The van der Waals surface area contributed by atoms with Crippen LogP contribution in [-0.2, 0) is 12.8 Å². The van der Waals surface area contributed by atoms with Crippen molar-refractivity contribution in [3.63, 3.8) is 0 Å². The molecule has 0 aliphatic carbocycles. The first-order chi connectivity index (χ1) is 14.6. The molecule has 0 spiro atoms. The summed E-state index contributed by atoms with van der Waals surface area (Å²) in [6.45, 7) is 8.45. The Kier molecular flexibility index (Phi) is 6.72. The Morgan fingerprint density at radius 2 is 1.50 bits per heavy atom. The standard InChI is InChI=1S/C28H37N2/c1-28(2)26(23-25-15-8-4-9-16-25)27(29-19-10-5-11-20-29)18-22-30(28)21-12-17-24-13-6-3-7-14-24/h3-4,6-9,13-16,18,22,26H,5,10-12,17,19-21,23H2,1-2H3/q+1. The van der Waals surface area contributed by atoms with Crippen LogP contribution in [0.15, 0.2) is 72.4 Å². The van der Waals surface area contributed by atoms with Crippen molar-refractivity contribution in [2.24, 2.45) is 5.92 Å². The highest BCUT2D eigenvalue weighted by molar-refractivity contribution is 5.69. The van der Waals surface area contributed by atoms with Crippen molar-refractivity contribution in [2.75, 3.05) is 19.6 Å². The van der Waals surface area contributed by atoms with Gasteiger partial charge in [0.15, 0.2) is 11.8 Å². The van der Waals surface area contributed by atoms with Gasteiger partial charge < -0.3 is 4.90 Å². The average molecular weight is 402 g/mol. The van der Waals surface area contributed by atoms with Crippen LogP contribution in [0.25, 0.3) is 0 Å². The predicted molar refractivity (Wildman–Crippen MR) is 127 cm³/mol. The van der Waals surface area contributed by atoms with Crippen molar-refractivity contribution in [3.05, 3.63) is 83.6 Å². The summed E-state index contributed by atoms with van der Waals surface area (Å²) in [5, 5.41) is 0. The number of rotatable bonds is 7. The molecule has 2 heteroatoms. The third-order valence-electron chi connectivity index (χ3n) is 7.09. The first kappa shape index (κ1) is 20.9. The third-order valence-corrected chi connectivity index (χ3v) is 7.09. The van der Waals surface area contributed by atoms with E-state index >= 15 is 0 Å². The largest absolute Gasteiger partial charge is 0.374 e. The molecule has 2 nitrogen and oxygen atoms in total. The van der Waals surface area contributed by atoms with Gasteiger partial charge in [0.05, 0.1) is 5.92 Å². The second-order valence-electron chi connectivity index (χ2n) is 9.47. The minimum atomic E-state index is 0.105. The topological polar surface area (TPSA) is 6.25 Å². The fourth-order valence-electron chi connectivity index (χ4n) is 5.18. The van der Waals surface area contributed by atoms with Crippen LogP contribution in [0, 0.1) is 5.92 Å². The van der Waals surface area contributed by atoms with Gasteiger partial charge in [0.1, 0.15) is 6.54 Å². The molecule has 2 aliphatic heterocycles. The van der Waals surface area contributed by atoms with Crippen molar-refractivity contribution in [1.29, 1.82) is 0 Å². The summed E-state index contributed by atoms with van der Waals surface area (Å²) in [6.07, 6.45) is 12.3. The molecule has 1 atom stereocenters. The monoisotopic (exact) mass is 401 g/mol. The highest BCUT2D eigenvalue weighted by Gasteiger charge is 2.45. The van der Waals surface area contributed by atoms with Crippen LogP contribution in [0.1, 0.15) is 50.7 Å². The van der Waals surface area contributed by atoms with Crippen LogP contribution in [-0.4, -0.2) is 40.9 Å². The SMILES string of the molecule is CC1(C)C(Cc2ccccc2)C(N2CCCCC2)=CC=[N+]1CCCc1ccccc1. The Balaban J connectivity index is 1.54. The number of benzene rings is 2. The van der Waals surface area contributed by atoms with Gasteiger partial charge in [-0.3, -0.25) is 0 Å². The second-order valence-corrected chi connectivity index (χ2v) is 9.47. The molecule has 2 aromatic rings. The van der Waals surface area contributed by atoms with Crippen molar-refractivity contribution >= 4 is 6.21 Å². The van der Waals surface area contributed by atoms with Gasteiger partial charge in [-0.15, -0.1) is 0 Å². The number of hydrogen-bond acceptors (Lipinski definition) is 1. The summed E-state index contributed by atoms with van der Waals surface area (Å²) in [4.78, 5) is 2.68. The van der Waals surface area contributed by atoms with E-state index in [0.29, 0.717) is 5.92 Å². The third kappa shape index (κ3) is 4.86. The Hall–Kier alpha value is -2.35. The first-order valence-corrected chi connectivity index (χ1v) is 11.8. The van der Waals surface area contributed by atoms with Crippen LogP contribution in [0.5, 0.6) is 0 Å². The number of nitrogens with zero attached hydrogens (tertiary/aromatic N) is 2. The minimum absolute atomic E-state index is 0.105. The van der Waals surface area contributed by atoms with Gasteiger partial charge in [0, 0.05) is 45.1 Å². The lowest BCUT2D eigenvalue weighted by Gasteiger charge is -2.42. The summed E-state index contributed by atoms with van der Waals surface area (Å²) in [5.74, 6) is 0.514. The molecule has 1 saturated heterocycles. The molecule has 0 N–H and O–H groups in total. The van der Waals surface area contributed by atoms with E-state index in [0.717, 1.165) is 19.4 Å². The second kappa shape index (κ2) is 9.64. The van der Waals surface area contributed by atoms with Gasteiger partial charge in [0.2, 0.25) is 0 Å². The average Bonchev–Trinajstić information content (AvgIpc) is 2.78. The van der Waals surface area contributed by atoms with E-state index in [9.17, 15) is 0 Å². The molecule has 2 aromatic carbocycles. The number of likely N-dealkylation sites (tertiary alicyclic amines) is 1. The van der Waals surface area contributed by atoms with Crippen molar-refractivity contribution in [2.45, 2.75) is 57.9 Å². The number of hydrogen-bond donors (Lipinski definition) is 0. The van der Waals surface area contributed by atoms with Crippen molar-refractivity contribution < 1.29 is 4.58 Å². The Labute approximate surface area is 182 Å². The molecule has 158 valence electrons. The van der Waals surface area contributed by atoms with E-state index in [-0.39, 0.29) is 5.54 Å². The van der Waals surface area contributed by atoms with Gasteiger partial charge in [-0.05, 0) is 43.2 Å². The van der Waals surface area contributed by atoms with Crippen molar-refractivity contribution in [3.8, 4) is 0 Å². The van der Waals surface area contributed by atoms with E-state index in [1.54, 1.807) is 5.70 Å². The summed E-state index contributed by atoms with van der Waals surface area (Å²) in [7, 11) is 0. The Morgan fingerprint density at radius 1 is 0.867 bits per heavy atom. The minimum Gasteiger partial charge on any atom is -0.374 e. The summed E-state index contributed by atoms with van der Waals surface area (Å²) >= 11 is 0. The lowest BCUT2D eigenvalue weighted by Crippen LogP contribution is -2.51. The Bertz CT molecular complexity index is 858. The first-order valence-electron chi connectivity index (χ1n) is 11.8. The summed E-state index contributed by atoms with van der Waals surface area (Å²) < 4.78 is 2.61. The van der Waals surface area contributed by atoms with E-state index < -0.39 is 0 Å². The normalized spacial score (nSPS) is 21.1. The zero-order valence-electron chi connectivity index (χ0n) is 18.8. The molecular weight excluding hydrogens is 364 g/mol. The van der Waals surface area contributed by atoms with Gasteiger partial charge in [-0.2, -0.15) is 0 Å². The molecular formula is C28H37N2+. The van der Waals surface area contributed by atoms with Gasteiger partial charge in [-0.1, -0.05) is 60.7 Å². The highest BCUT2D eigenvalue weighted by atomic mass is 15.2. The molecule has 0 saturated carbocycles. The molecule has 2 aliphatic rings. The molecule has 0 bridgehead atoms. The molecule has 30 heavy (non-hydrogen) atoms. The maximum atomic E-state index is 2.68. The molecule has 1 fully saturated rings. The van der Waals surface area contributed by atoms with Gasteiger partial charge >= 0.3 is 0 Å². The highest BCUT2D eigenvalue weighted by Crippen LogP contribution is 2.36. The number of allylic oxidation sites excluding steroid dienone is 1. The lowest BCUT2D eigenvalue weighted by atomic mass is 9.77. The number of aryl methyl sites for hydroxylation is 1. The molecule has 0 amide bonds. The zero-order valence-corrected chi connectivity index (χ0v) is 18.8. The molecule has 1 unspecified atom stereocenters. The number of piperidine rings is 1. The van der Waals surface area contributed by atoms with E-state index in [1.807, 2.05) is 0 Å². The fraction of sp³-hybridized carbons (Fsp3) is 0.464. The van der Waals surface area contributed by atoms with E-state index in [4.69, 9.17) is 0 Å². The van der Waals surface area contributed by atoms with Gasteiger partial charge in [0.25, 0.3) is 0 Å². The molecule has 4 rings (SSSR count). The van der Waals surface area contributed by atoms with Crippen molar-refractivity contribution in [1.82, 2.24) is 4.90 Å².